The van der Waals surface area contributed by atoms with E-state index < -0.39 is 0 Å². The van der Waals surface area contributed by atoms with Crippen LogP contribution in [0.4, 0.5) is 0 Å². The zero-order valence-electron chi connectivity index (χ0n) is 10.4. The van der Waals surface area contributed by atoms with Gasteiger partial charge in [0.15, 0.2) is 5.11 Å². The fourth-order valence-corrected chi connectivity index (χ4v) is 1.65. The number of hydrogen-bond acceptors (Lipinski definition) is 3. The highest BCUT2D eigenvalue weighted by molar-refractivity contribution is 7.80. The standard InChI is InChI=1S/C12H16ClN3OS/c1-3-14-12(18)16-15-8-9-7-10(13)5-6-11(9)17-4-2/h5-8H,3-4H2,1-2H3,(H2,14,16,18)/b15-8+. The van der Waals surface area contributed by atoms with Crippen molar-refractivity contribution in [3.05, 3.63) is 28.8 Å². The van der Waals surface area contributed by atoms with E-state index in [2.05, 4.69) is 15.8 Å². The Hall–Kier alpha value is -1.33. The number of halogens is 1. The van der Waals surface area contributed by atoms with E-state index in [1.54, 1.807) is 18.3 Å². The van der Waals surface area contributed by atoms with Crippen LogP contribution >= 0.6 is 23.8 Å². The van der Waals surface area contributed by atoms with Crippen LogP contribution in [0, 0.1) is 0 Å². The zero-order valence-corrected chi connectivity index (χ0v) is 11.9. The summed E-state index contributed by atoms with van der Waals surface area (Å²) in [6, 6.07) is 5.38. The summed E-state index contributed by atoms with van der Waals surface area (Å²) in [6.45, 7) is 5.23. The van der Waals surface area contributed by atoms with Crippen LogP contribution in [-0.4, -0.2) is 24.5 Å². The summed E-state index contributed by atoms with van der Waals surface area (Å²) in [5, 5.41) is 8.07. The summed E-state index contributed by atoms with van der Waals surface area (Å²) < 4.78 is 5.47. The fraction of sp³-hybridized carbons (Fsp3) is 0.333. The molecule has 0 saturated carbocycles. The first kappa shape index (κ1) is 14.7. The molecule has 4 nitrogen and oxygen atoms in total. The van der Waals surface area contributed by atoms with Crippen molar-refractivity contribution in [2.75, 3.05) is 13.2 Å². The predicted octanol–water partition coefficient (Wildman–Crippen LogP) is 2.56. The summed E-state index contributed by atoms with van der Waals surface area (Å²) in [6.07, 6.45) is 1.63. The summed E-state index contributed by atoms with van der Waals surface area (Å²) in [7, 11) is 0. The monoisotopic (exact) mass is 285 g/mol. The first-order chi connectivity index (χ1) is 8.67. The third kappa shape index (κ3) is 4.89. The maximum atomic E-state index is 5.93. The third-order valence-electron chi connectivity index (χ3n) is 1.98. The molecule has 0 aliphatic carbocycles. The van der Waals surface area contributed by atoms with Crippen molar-refractivity contribution in [1.29, 1.82) is 0 Å². The van der Waals surface area contributed by atoms with Crippen LogP contribution in [0.15, 0.2) is 23.3 Å². The molecule has 1 aromatic rings. The van der Waals surface area contributed by atoms with Crippen molar-refractivity contribution < 1.29 is 4.74 Å². The van der Waals surface area contributed by atoms with Gasteiger partial charge >= 0.3 is 0 Å². The number of ether oxygens (including phenoxy) is 1. The van der Waals surface area contributed by atoms with E-state index >= 15 is 0 Å². The summed E-state index contributed by atoms with van der Waals surface area (Å²) in [5.41, 5.74) is 3.51. The number of hydrogen-bond donors (Lipinski definition) is 2. The van der Waals surface area contributed by atoms with Crippen LogP contribution in [0.1, 0.15) is 19.4 Å². The van der Waals surface area contributed by atoms with Gasteiger partial charge in [-0.1, -0.05) is 11.6 Å². The van der Waals surface area contributed by atoms with Gasteiger partial charge in [-0.2, -0.15) is 5.10 Å². The molecule has 0 aliphatic heterocycles. The van der Waals surface area contributed by atoms with E-state index in [-0.39, 0.29) is 0 Å². The molecule has 0 unspecified atom stereocenters. The van der Waals surface area contributed by atoms with Gasteiger partial charge in [0, 0.05) is 17.1 Å². The van der Waals surface area contributed by atoms with Gasteiger partial charge in [0.25, 0.3) is 0 Å². The Morgan fingerprint density at radius 2 is 2.28 bits per heavy atom. The molecule has 0 amide bonds. The molecule has 0 atom stereocenters. The average molecular weight is 286 g/mol. The molecule has 0 heterocycles. The highest BCUT2D eigenvalue weighted by Gasteiger charge is 2.01. The summed E-state index contributed by atoms with van der Waals surface area (Å²) >= 11 is 10.9. The minimum absolute atomic E-state index is 0.480. The molecule has 1 rings (SSSR count). The molecule has 0 radical (unpaired) electrons. The molecule has 0 aromatic heterocycles. The highest BCUT2D eigenvalue weighted by atomic mass is 35.5. The Balaban J connectivity index is 2.72. The van der Waals surface area contributed by atoms with Gasteiger partial charge in [-0.25, -0.2) is 0 Å². The molecule has 0 bridgehead atoms. The molecule has 1 aromatic carbocycles. The van der Waals surface area contributed by atoms with Gasteiger partial charge < -0.3 is 10.1 Å². The van der Waals surface area contributed by atoms with E-state index in [0.717, 1.165) is 17.9 Å². The van der Waals surface area contributed by atoms with Crippen molar-refractivity contribution in [1.82, 2.24) is 10.7 Å². The van der Waals surface area contributed by atoms with Gasteiger partial charge in [0.2, 0.25) is 0 Å². The smallest absolute Gasteiger partial charge is 0.186 e. The lowest BCUT2D eigenvalue weighted by molar-refractivity contribution is 0.340. The molecule has 98 valence electrons. The topological polar surface area (TPSA) is 45.7 Å². The maximum Gasteiger partial charge on any atom is 0.186 e. The van der Waals surface area contributed by atoms with Crippen LogP contribution in [0.2, 0.25) is 5.02 Å². The highest BCUT2D eigenvalue weighted by Crippen LogP contribution is 2.21. The first-order valence-electron chi connectivity index (χ1n) is 5.66. The summed E-state index contributed by atoms with van der Waals surface area (Å²) in [4.78, 5) is 0. The normalized spacial score (nSPS) is 10.4. The van der Waals surface area contributed by atoms with Crippen molar-refractivity contribution >= 4 is 35.1 Å². The van der Waals surface area contributed by atoms with Gasteiger partial charge in [0.05, 0.1) is 12.8 Å². The quantitative estimate of drug-likeness (QED) is 0.496. The molecule has 0 spiro atoms. The Kier molecular flexibility index (Phi) is 6.46. The zero-order chi connectivity index (χ0) is 13.4. The SMILES string of the molecule is CCNC(=S)N/N=C/c1cc(Cl)ccc1OCC. The van der Waals surface area contributed by atoms with E-state index in [1.165, 1.54) is 0 Å². The van der Waals surface area contributed by atoms with Crippen LogP contribution in [-0.2, 0) is 0 Å². The van der Waals surface area contributed by atoms with Crippen molar-refractivity contribution in [2.45, 2.75) is 13.8 Å². The number of rotatable bonds is 5. The predicted molar refractivity (Wildman–Crippen MR) is 79.6 cm³/mol. The molecule has 6 heteroatoms. The van der Waals surface area contributed by atoms with Gasteiger partial charge in [0.1, 0.15) is 5.75 Å². The lowest BCUT2D eigenvalue weighted by Crippen LogP contribution is -2.31. The molecular formula is C12H16ClN3OS. The molecule has 0 fully saturated rings. The van der Waals surface area contributed by atoms with Crippen LogP contribution < -0.4 is 15.5 Å². The minimum Gasteiger partial charge on any atom is -0.493 e. The fourth-order valence-electron chi connectivity index (χ4n) is 1.27. The second kappa shape index (κ2) is 7.89. The largest absolute Gasteiger partial charge is 0.493 e. The maximum absolute atomic E-state index is 5.93. The number of hydrazone groups is 1. The Morgan fingerprint density at radius 3 is 2.94 bits per heavy atom. The molecule has 18 heavy (non-hydrogen) atoms. The number of benzene rings is 1. The average Bonchev–Trinajstić information content (AvgIpc) is 2.33. The van der Waals surface area contributed by atoms with Gasteiger partial charge in [-0.05, 0) is 44.3 Å². The van der Waals surface area contributed by atoms with E-state index in [4.69, 9.17) is 28.6 Å². The molecular weight excluding hydrogens is 270 g/mol. The first-order valence-corrected chi connectivity index (χ1v) is 6.45. The summed E-state index contributed by atoms with van der Waals surface area (Å²) in [5.74, 6) is 0.738. The molecule has 0 saturated heterocycles. The Labute approximate surface area is 117 Å². The van der Waals surface area contributed by atoms with Gasteiger partial charge in [-0.15, -0.1) is 0 Å². The molecule has 2 N–H and O–H groups in total. The van der Waals surface area contributed by atoms with Crippen molar-refractivity contribution in [3.8, 4) is 5.75 Å². The van der Waals surface area contributed by atoms with Crippen LogP contribution in [0.3, 0.4) is 0 Å². The minimum atomic E-state index is 0.480. The lowest BCUT2D eigenvalue weighted by Gasteiger charge is -2.07. The van der Waals surface area contributed by atoms with Crippen LogP contribution in [0.5, 0.6) is 5.75 Å². The number of thiocarbonyl (C=S) groups is 1. The van der Waals surface area contributed by atoms with Crippen molar-refractivity contribution in [3.63, 3.8) is 0 Å². The van der Waals surface area contributed by atoms with E-state index in [9.17, 15) is 0 Å². The lowest BCUT2D eigenvalue weighted by atomic mass is 10.2. The molecule has 0 aliphatic rings. The third-order valence-corrected chi connectivity index (χ3v) is 2.45. The second-order valence-corrected chi connectivity index (χ2v) is 4.19. The van der Waals surface area contributed by atoms with Gasteiger partial charge in [-0.3, -0.25) is 5.43 Å². The van der Waals surface area contributed by atoms with E-state index in [0.29, 0.717) is 16.7 Å². The number of nitrogens with zero attached hydrogens (tertiary/aromatic N) is 1. The Bertz CT molecular complexity index is 437. The Morgan fingerprint density at radius 1 is 1.50 bits per heavy atom. The van der Waals surface area contributed by atoms with E-state index in [1.807, 2.05) is 19.9 Å². The van der Waals surface area contributed by atoms with Crippen LogP contribution in [0.25, 0.3) is 0 Å². The van der Waals surface area contributed by atoms with Crippen molar-refractivity contribution in [2.24, 2.45) is 5.10 Å². The second-order valence-electron chi connectivity index (χ2n) is 3.34. The number of nitrogens with one attached hydrogen (secondary N) is 2.